The van der Waals surface area contributed by atoms with Crippen molar-refractivity contribution in [3.8, 4) is 0 Å². The number of hydrogen-bond donors (Lipinski definition) is 1. The molecule has 2 aromatic carbocycles. The molecule has 0 saturated carbocycles. The highest BCUT2D eigenvalue weighted by Crippen LogP contribution is 2.27. The van der Waals surface area contributed by atoms with E-state index in [9.17, 15) is 14.9 Å². The van der Waals surface area contributed by atoms with Crippen molar-refractivity contribution in [2.24, 2.45) is 0 Å². The molecule has 0 saturated heterocycles. The average Bonchev–Trinajstić information content (AvgIpc) is 2.53. The Morgan fingerprint density at radius 1 is 1.25 bits per heavy atom. The predicted molar refractivity (Wildman–Crippen MR) is 98.2 cm³/mol. The number of nitro groups is 1. The zero-order chi connectivity index (χ0) is 17.7. The lowest BCUT2D eigenvalue weighted by molar-refractivity contribution is -0.384. The SMILES string of the molecule is CN(C)c1ccc(NC(=O)CSc2ccc([N+](=O)[O-])cc2)cc1Cl. The summed E-state index contributed by atoms with van der Waals surface area (Å²) in [5, 5.41) is 13.9. The van der Waals surface area contributed by atoms with Crippen LogP contribution in [0, 0.1) is 10.1 Å². The van der Waals surface area contributed by atoms with E-state index in [1.54, 1.807) is 24.3 Å². The molecule has 0 spiro atoms. The summed E-state index contributed by atoms with van der Waals surface area (Å²) in [4.78, 5) is 24.8. The van der Waals surface area contributed by atoms with E-state index in [1.807, 2.05) is 25.1 Å². The minimum absolute atomic E-state index is 0.0272. The zero-order valence-electron chi connectivity index (χ0n) is 13.2. The molecule has 0 bridgehead atoms. The number of thioether (sulfide) groups is 1. The minimum Gasteiger partial charge on any atom is -0.376 e. The molecule has 8 heteroatoms. The van der Waals surface area contributed by atoms with Gasteiger partial charge in [0.25, 0.3) is 5.69 Å². The molecule has 1 N–H and O–H groups in total. The molecule has 0 aliphatic rings. The minimum atomic E-state index is -0.456. The number of benzene rings is 2. The lowest BCUT2D eigenvalue weighted by atomic mass is 10.2. The molecule has 0 aromatic heterocycles. The quantitative estimate of drug-likeness (QED) is 0.475. The van der Waals surface area contributed by atoms with E-state index in [0.29, 0.717) is 10.7 Å². The number of rotatable bonds is 6. The number of anilines is 2. The maximum atomic E-state index is 12.0. The van der Waals surface area contributed by atoms with Crippen LogP contribution in [0.2, 0.25) is 5.02 Å². The van der Waals surface area contributed by atoms with Gasteiger partial charge in [-0.3, -0.25) is 14.9 Å². The molecule has 0 fully saturated rings. The first-order chi connectivity index (χ1) is 11.4. The van der Waals surface area contributed by atoms with Crippen LogP contribution in [-0.4, -0.2) is 30.7 Å². The molecular formula is C16H16ClN3O3S. The average molecular weight is 366 g/mol. The van der Waals surface area contributed by atoms with Gasteiger partial charge in [0.1, 0.15) is 0 Å². The second-order valence-electron chi connectivity index (χ2n) is 5.15. The van der Waals surface area contributed by atoms with Crippen LogP contribution in [0.4, 0.5) is 17.1 Å². The fourth-order valence-electron chi connectivity index (χ4n) is 1.96. The molecule has 2 aromatic rings. The van der Waals surface area contributed by atoms with Crippen molar-refractivity contribution in [2.45, 2.75) is 4.90 Å². The summed E-state index contributed by atoms with van der Waals surface area (Å²) in [6, 6.07) is 11.4. The molecule has 2 rings (SSSR count). The maximum absolute atomic E-state index is 12.0. The van der Waals surface area contributed by atoms with Crippen LogP contribution in [0.1, 0.15) is 0 Å². The first-order valence-corrected chi connectivity index (χ1v) is 8.37. The number of nitro benzene ring substituents is 1. The van der Waals surface area contributed by atoms with Gasteiger partial charge in [-0.05, 0) is 30.3 Å². The molecule has 0 radical (unpaired) electrons. The molecule has 0 unspecified atom stereocenters. The Morgan fingerprint density at radius 3 is 2.46 bits per heavy atom. The Bertz CT molecular complexity index is 751. The number of carbonyl (C=O) groups excluding carboxylic acids is 1. The van der Waals surface area contributed by atoms with Gasteiger partial charge in [0.2, 0.25) is 5.91 Å². The number of carbonyl (C=O) groups is 1. The fraction of sp³-hybridized carbons (Fsp3) is 0.188. The van der Waals surface area contributed by atoms with Gasteiger partial charge in [0, 0.05) is 36.8 Å². The van der Waals surface area contributed by atoms with Crippen LogP contribution in [0.3, 0.4) is 0 Å². The van der Waals surface area contributed by atoms with Crippen LogP contribution in [0.15, 0.2) is 47.4 Å². The Balaban J connectivity index is 1.91. The normalized spacial score (nSPS) is 10.3. The van der Waals surface area contributed by atoms with Crippen molar-refractivity contribution in [2.75, 3.05) is 30.1 Å². The Morgan fingerprint density at radius 2 is 1.92 bits per heavy atom. The molecule has 0 atom stereocenters. The standard InChI is InChI=1S/C16H16ClN3O3S/c1-19(2)15-8-3-11(9-14(15)17)18-16(21)10-24-13-6-4-12(5-7-13)20(22)23/h3-9H,10H2,1-2H3,(H,18,21). The van der Waals surface area contributed by atoms with Gasteiger partial charge in [0.15, 0.2) is 0 Å². The van der Waals surface area contributed by atoms with Crippen LogP contribution in [-0.2, 0) is 4.79 Å². The van der Waals surface area contributed by atoms with Crippen molar-refractivity contribution < 1.29 is 9.72 Å². The van der Waals surface area contributed by atoms with Gasteiger partial charge in [0.05, 0.1) is 21.4 Å². The number of hydrogen-bond acceptors (Lipinski definition) is 5. The van der Waals surface area contributed by atoms with Crippen molar-refractivity contribution in [3.63, 3.8) is 0 Å². The second kappa shape index (κ2) is 8.03. The third-order valence-corrected chi connectivity index (χ3v) is 4.45. The summed E-state index contributed by atoms with van der Waals surface area (Å²) in [5.74, 6) is 0.0252. The molecule has 126 valence electrons. The Kier molecular flexibility index (Phi) is 6.05. The van der Waals surface area contributed by atoms with E-state index in [0.717, 1.165) is 10.6 Å². The van der Waals surface area contributed by atoms with Crippen LogP contribution >= 0.6 is 23.4 Å². The molecule has 0 aliphatic heterocycles. The number of non-ortho nitro benzene ring substituents is 1. The van der Waals surface area contributed by atoms with Crippen LogP contribution in [0.25, 0.3) is 0 Å². The van der Waals surface area contributed by atoms with Crippen LogP contribution in [0.5, 0.6) is 0 Å². The highest BCUT2D eigenvalue weighted by Gasteiger charge is 2.09. The van der Waals surface area contributed by atoms with E-state index in [2.05, 4.69) is 5.32 Å². The highest BCUT2D eigenvalue weighted by atomic mass is 35.5. The lowest BCUT2D eigenvalue weighted by Gasteiger charge is -2.15. The fourth-order valence-corrected chi connectivity index (χ4v) is 3.01. The molecule has 1 amide bonds. The van der Waals surface area contributed by atoms with E-state index in [1.165, 1.54) is 23.9 Å². The molecule has 24 heavy (non-hydrogen) atoms. The van der Waals surface area contributed by atoms with Crippen molar-refractivity contribution in [3.05, 3.63) is 57.6 Å². The Hall–Kier alpha value is -2.25. The summed E-state index contributed by atoms with van der Waals surface area (Å²) >= 11 is 7.47. The summed E-state index contributed by atoms with van der Waals surface area (Å²) in [7, 11) is 3.78. The van der Waals surface area contributed by atoms with Crippen molar-refractivity contribution in [1.29, 1.82) is 0 Å². The van der Waals surface area contributed by atoms with Crippen LogP contribution < -0.4 is 10.2 Å². The number of nitrogens with zero attached hydrogens (tertiary/aromatic N) is 2. The van der Waals surface area contributed by atoms with Gasteiger partial charge >= 0.3 is 0 Å². The highest BCUT2D eigenvalue weighted by molar-refractivity contribution is 8.00. The summed E-state index contributed by atoms with van der Waals surface area (Å²) in [5.41, 5.74) is 1.52. The molecule has 0 aliphatic carbocycles. The monoisotopic (exact) mass is 365 g/mol. The van der Waals surface area contributed by atoms with E-state index >= 15 is 0 Å². The summed E-state index contributed by atoms with van der Waals surface area (Å²) < 4.78 is 0. The number of nitrogens with one attached hydrogen (secondary N) is 1. The first kappa shape index (κ1) is 18.1. The van der Waals surface area contributed by atoms with Gasteiger partial charge in [-0.15, -0.1) is 11.8 Å². The molecule has 6 nitrogen and oxygen atoms in total. The largest absolute Gasteiger partial charge is 0.376 e. The summed E-state index contributed by atoms with van der Waals surface area (Å²) in [6.45, 7) is 0. The second-order valence-corrected chi connectivity index (χ2v) is 6.60. The predicted octanol–water partition coefficient (Wildman–Crippen LogP) is 4.05. The Labute approximate surface area is 148 Å². The third-order valence-electron chi connectivity index (χ3n) is 3.13. The number of halogens is 1. The van der Waals surface area contributed by atoms with E-state index in [4.69, 9.17) is 11.6 Å². The first-order valence-electron chi connectivity index (χ1n) is 7.01. The van der Waals surface area contributed by atoms with Gasteiger partial charge in [-0.2, -0.15) is 0 Å². The van der Waals surface area contributed by atoms with E-state index in [-0.39, 0.29) is 17.3 Å². The van der Waals surface area contributed by atoms with Gasteiger partial charge in [-0.25, -0.2) is 0 Å². The zero-order valence-corrected chi connectivity index (χ0v) is 14.7. The van der Waals surface area contributed by atoms with Crippen molar-refractivity contribution >= 4 is 46.3 Å². The maximum Gasteiger partial charge on any atom is 0.269 e. The summed E-state index contributed by atoms with van der Waals surface area (Å²) in [6.07, 6.45) is 0. The van der Waals surface area contributed by atoms with Gasteiger partial charge < -0.3 is 10.2 Å². The van der Waals surface area contributed by atoms with Crippen molar-refractivity contribution in [1.82, 2.24) is 0 Å². The molecule has 0 heterocycles. The smallest absolute Gasteiger partial charge is 0.269 e. The van der Waals surface area contributed by atoms with Gasteiger partial charge in [-0.1, -0.05) is 11.6 Å². The number of amides is 1. The topological polar surface area (TPSA) is 75.5 Å². The molecular weight excluding hydrogens is 350 g/mol. The van der Waals surface area contributed by atoms with E-state index < -0.39 is 4.92 Å². The lowest BCUT2D eigenvalue weighted by Crippen LogP contribution is -2.14. The third kappa shape index (κ3) is 4.87.